The average molecular weight is 237 g/mol. The topological polar surface area (TPSA) is 21.3 Å². The molecule has 0 amide bonds. The van der Waals surface area contributed by atoms with Crippen LogP contribution in [0.4, 0.5) is 4.39 Å². The van der Waals surface area contributed by atoms with Crippen LogP contribution in [0.15, 0.2) is 24.3 Å². The number of halogens is 1. The molecule has 0 aromatic heterocycles. The van der Waals surface area contributed by atoms with Gasteiger partial charge in [0.15, 0.2) is 0 Å². The van der Waals surface area contributed by atoms with Crippen LogP contribution in [-0.2, 0) is 0 Å². The molecule has 0 aliphatic carbocycles. The molecule has 1 aromatic rings. The second-order valence-electron chi connectivity index (χ2n) is 4.48. The first-order valence-corrected chi connectivity index (χ1v) is 6.39. The van der Waals surface area contributed by atoms with Gasteiger partial charge in [0.25, 0.3) is 0 Å². The lowest BCUT2D eigenvalue weighted by Crippen LogP contribution is -2.32. The molecule has 1 saturated heterocycles. The van der Waals surface area contributed by atoms with Crippen LogP contribution < -0.4 is 10.1 Å². The molecule has 2 atom stereocenters. The second-order valence-corrected chi connectivity index (χ2v) is 4.48. The number of nitrogens with one attached hydrogen (secondary N) is 1. The summed E-state index contributed by atoms with van der Waals surface area (Å²) >= 11 is 0. The van der Waals surface area contributed by atoms with Crippen molar-refractivity contribution in [2.24, 2.45) is 5.92 Å². The van der Waals surface area contributed by atoms with Gasteiger partial charge in [-0.3, -0.25) is 0 Å². The molecule has 1 fully saturated rings. The van der Waals surface area contributed by atoms with E-state index >= 15 is 0 Å². The lowest BCUT2D eigenvalue weighted by atomic mass is 9.90. The zero-order chi connectivity index (χ0) is 12.1. The fourth-order valence-corrected chi connectivity index (χ4v) is 2.38. The minimum atomic E-state index is -0.925. The van der Waals surface area contributed by atoms with E-state index < -0.39 is 6.17 Å². The minimum Gasteiger partial charge on any atom is -0.493 e. The van der Waals surface area contributed by atoms with Crippen molar-refractivity contribution in [1.82, 2.24) is 5.32 Å². The van der Waals surface area contributed by atoms with Gasteiger partial charge in [0.2, 0.25) is 0 Å². The number of benzene rings is 1. The summed E-state index contributed by atoms with van der Waals surface area (Å²) < 4.78 is 20.0. The Bertz CT molecular complexity index is 350. The highest BCUT2D eigenvalue weighted by atomic mass is 19.1. The molecular weight excluding hydrogens is 217 g/mol. The summed E-state index contributed by atoms with van der Waals surface area (Å²) in [6, 6.07) is 7.45. The van der Waals surface area contributed by atoms with Gasteiger partial charge in [0.05, 0.1) is 6.61 Å². The second kappa shape index (κ2) is 6.01. The first-order chi connectivity index (χ1) is 8.33. The van der Waals surface area contributed by atoms with Crippen molar-refractivity contribution < 1.29 is 9.13 Å². The summed E-state index contributed by atoms with van der Waals surface area (Å²) in [5.74, 6) is 0.762. The van der Waals surface area contributed by atoms with E-state index in [1.54, 1.807) is 0 Å². The molecule has 1 aliphatic rings. The van der Waals surface area contributed by atoms with Crippen molar-refractivity contribution >= 4 is 0 Å². The van der Waals surface area contributed by atoms with E-state index in [2.05, 4.69) is 5.32 Å². The van der Waals surface area contributed by atoms with E-state index in [1.165, 1.54) is 0 Å². The molecule has 1 N–H and O–H groups in total. The standard InChI is InChI=1S/C14H20FNO/c1-2-17-13-8-4-3-7-12(13)14(15)11-6-5-9-16-10-11/h3-4,7-8,11,14,16H,2,5-6,9-10H2,1H3. The van der Waals surface area contributed by atoms with Crippen LogP contribution in [0.5, 0.6) is 5.75 Å². The SMILES string of the molecule is CCOc1ccccc1C(F)C1CCCNC1. The Kier molecular flexibility index (Phi) is 4.37. The van der Waals surface area contributed by atoms with Crippen molar-refractivity contribution in [3.63, 3.8) is 0 Å². The number of alkyl halides is 1. The number of hydrogen-bond donors (Lipinski definition) is 1. The van der Waals surface area contributed by atoms with Crippen LogP contribution in [0.3, 0.4) is 0 Å². The summed E-state index contributed by atoms with van der Waals surface area (Å²) in [5.41, 5.74) is 0.697. The highest BCUT2D eigenvalue weighted by Crippen LogP contribution is 2.35. The molecule has 2 unspecified atom stereocenters. The van der Waals surface area contributed by atoms with Gasteiger partial charge in [0, 0.05) is 18.0 Å². The van der Waals surface area contributed by atoms with Crippen molar-refractivity contribution in [2.45, 2.75) is 25.9 Å². The van der Waals surface area contributed by atoms with Gasteiger partial charge in [-0.25, -0.2) is 4.39 Å². The van der Waals surface area contributed by atoms with E-state index in [4.69, 9.17) is 4.74 Å². The summed E-state index contributed by atoms with van der Waals surface area (Å²) in [6.45, 7) is 4.27. The maximum absolute atomic E-state index is 14.5. The molecule has 17 heavy (non-hydrogen) atoms. The number of para-hydroxylation sites is 1. The molecule has 0 spiro atoms. The molecular formula is C14H20FNO. The Labute approximate surface area is 102 Å². The molecule has 3 heteroatoms. The maximum atomic E-state index is 14.5. The van der Waals surface area contributed by atoms with Crippen molar-refractivity contribution in [3.05, 3.63) is 29.8 Å². The van der Waals surface area contributed by atoms with Crippen LogP contribution in [0.2, 0.25) is 0 Å². The average Bonchev–Trinajstić information content (AvgIpc) is 2.40. The Morgan fingerprint density at radius 2 is 2.29 bits per heavy atom. The molecule has 0 saturated carbocycles. The van der Waals surface area contributed by atoms with E-state index in [0.29, 0.717) is 17.9 Å². The predicted molar refractivity (Wildman–Crippen MR) is 67.1 cm³/mol. The number of ether oxygens (including phenoxy) is 1. The summed E-state index contributed by atoms with van der Waals surface area (Å²) in [5, 5.41) is 3.26. The molecule has 1 aliphatic heterocycles. The molecule has 2 rings (SSSR count). The molecule has 94 valence electrons. The van der Waals surface area contributed by atoms with Crippen LogP contribution in [0.1, 0.15) is 31.5 Å². The smallest absolute Gasteiger partial charge is 0.133 e. The van der Waals surface area contributed by atoms with Crippen LogP contribution in [-0.4, -0.2) is 19.7 Å². The van der Waals surface area contributed by atoms with Crippen LogP contribution in [0, 0.1) is 5.92 Å². The third kappa shape index (κ3) is 2.97. The van der Waals surface area contributed by atoms with Gasteiger partial charge in [-0.15, -0.1) is 0 Å². The largest absolute Gasteiger partial charge is 0.493 e. The van der Waals surface area contributed by atoms with Gasteiger partial charge >= 0.3 is 0 Å². The zero-order valence-corrected chi connectivity index (χ0v) is 10.3. The lowest BCUT2D eigenvalue weighted by molar-refractivity contribution is 0.188. The monoisotopic (exact) mass is 237 g/mol. The maximum Gasteiger partial charge on any atom is 0.133 e. The van der Waals surface area contributed by atoms with E-state index in [-0.39, 0.29) is 5.92 Å². The molecule has 2 nitrogen and oxygen atoms in total. The molecule has 1 heterocycles. The summed E-state index contributed by atoms with van der Waals surface area (Å²) in [6.07, 6.45) is 1.09. The minimum absolute atomic E-state index is 0.0744. The Hall–Kier alpha value is -1.09. The normalized spacial score (nSPS) is 22.1. The zero-order valence-electron chi connectivity index (χ0n) is 10.3. The van der Waals surface area contributed by atoms with Crippen molar-refractivity contribution in [1.29, 1.82) is 0 Å². The van der Waals surface area contributed by atoms with Gasteiger partial charge in [0.1, 0.15) is 11.9 Å². The quantitative estimate of drug-likeness (QED) is 0.868. The van der Waals surface area contributed by atoms with Gasteiger partial charge in [-0.2, -0.15) is 0 Å². The molecule has 0 bridgehead atoms. The number of rotatable bonds is 4. The third-order valence-electron chi connectivity index (χ3n) is 3.26. The molecule has 0 radical (unpaired) electrons. The van der Waals surface area contributed by atoms with E-state index in [1.807, 2.05) is 31.2 Å². The van der Waals surface area contributed by atoms with Crippen molar-refractivity contribution in [2.75, 3.05) is 19.7 Å². The van der Waals surface area contributed by atoms with E-state index in [0.717, 1.165) is 25.9 Å². The van der Waals surface area contributed by atoms with Crippen LogP contribution in [0.25, 0.3) is 0 Å². The van der Waals surface area contributed by atoms with Gasteiger partial charge < -0.3 is 10.1 Å². The van der Waals surface area contributed by atoms with Gasteiger partial charge in [-0.1, -0.05) is 18.2 Å². The highest BCUT2D eigenvalue weighted by Gasteiger charge is 2.26. The third-order valence-corrected chi connectivity index (χ3v) is 3.26. The lowest BCUT2D eigenvalue weighted by Gasteiger charge is -2.27. The van der Waals surface area contributed by atoms with Crippen molar-refractivity contribution in [3.8, 4) is 5.75 Å². The first kappa shape index (κ1) is 12.4. The Morgan fingerprint density at radius 3 is 3.00 bits per heavy atom. The Balaban J connectivity index is 2.14. The number of hydrogen-bond acceptors (Lipinski definition) is 2. The van der Waals surface area contributed by atoms with E-state index in [9.17, 15) is 4.39 Å². The highest BCUT2D eigenvalue weighted by molar-refractivity contribution is 5.35. The Morgan fingerprint density at radius 1 is 1.47 bits per heavy atom. The predicted octanol–water partition coefficient (Wildman–Crippen LogP) is 3.10. The fraction of sp³-hybridized carbons (Fsp3) is 0.571. The summed E-state index contributed by atoms with van der Waals surface area (Å²) in [7, 11) is 0. The number of piperidine rings is 1. The first-order valence-electron chi connectivity index (χ1n) is 6.39. The molecule has 1 aromatic carbocycles. The van der Waals surface area contributed by atoms with Crippen LogP contribution >= 0.6 is 0 Å². The summed E-state index contributed by atoms with van der Waals surface area (Å²) in [4.78, 5) is 0. The van der Waals surface area contributed by atoms with Gasteiger partial charge in [-0.05, 0) is 32.4 Å². The fourth-order valence-electron chi connectivity index (χ4n) is 2.38.